The van der Waals surface area contributed by atoms with Gasteiger partial charge in [0, 0.05) is 11.8 Å². The first-order chi connectivity index (χ1) is 7.25. The van der Waals surface area contributed by atoms with E-state index in [-0.39, 0.29) is 4.75 Å². The van der Waals surface area contributed by atoms with Crippen molar-refractivity contribution < 1.29 is 24.0 Å². The Bertz CT molecular complexity index is 255. The van der Waals surface area contributed by atoms with Crippen molar-refractivity contribution in [2.24, 2.45) is 5.16 Å². The fourth-order valence-electron chi connectivity index (χ4n) is 0.299. The Morgan fingerprint density at radius 2 is 2.00 bits per heavy atom. The molecule has 0 aliphatic carbocycles. The van der Waals surface area contributed by atoms with E-state index in [1.165, 1.54) is 7.05 Å². The molecule has 0 aromatic carbocycles. The molecule has 0 radical (unpaired) electrons. The summed E-state index contributed by atoms with van der Waals surface area (Å²) in [5, 5.41) is 5.81. The quantitative estimate of drug-likeness (QED) is 0.304. The van der Waals surface area contributed by atoms with Gasteiger partial charge >= 0.3 is 14.3 Å². The van der Waals surface area contributed by atoms with E-state index in [0.717, 1.165) is 0 Å². The molecular weight excluding hydrogens is 255 g/mol. The Morgan fingerprint density at radius 3 is 2.31 bits per heavy atom. The molecule has 0 aliphatic heterocycles. The minimum absolute atomic E-state index is 0.103. The highest BCUT2D eigenvalue weighted by molar-refractivity contribution is 8.00. The molecule has 0 saturated carbocycles. The van der Waals surface area contributed by atoms with Gasteiger partial charge < -0.3 is 15.1 Å². The first-order valence-electron chi connectivity index (χ1n) is 4.15. The largest absolute Gasteiger partial charge is 0.433 e. The minimum Gasteiger partial charge on any atom is -0.326 e. The summed E-state index contributed by atoms with van der Waals surface area (Å²) in [6.45, 7) is 3.96. The maximum atomic E-state index is 10.5. The zero-order valence-electron chi connectivity index (χ0n) is 9.55. The second kappa shape index (κ2) is 9.65. The van der Waals surface area contributed by atoms with Crippen LogP contribution < -0.4 is 5.32 Å². The Kier molecular flexibility index (Phi) is 10.8. The number of oxime groups is 1. The topological polar surface area (TPSA) is 108 Å². The predicted molar refractivity (Wildman–Crippen MR) is 65.1 cm³/mol. The summed E-state index contributed by atoms with van der Waals surface area (Å²) in [6.07, 6.45) is 3.00. The van der Waals surface area contributed by atoms with E-state index in [1.807, 2.05) is 20.1 Å². The third-order valence-electron chi connectivity index (χ3n) is 1.23. The fraction of sp³-hybridized carbons (Fsp3) is 0.714. The average Bonchev–Trinajstić information content (AvgIpc) is 2.16. The SMILES string of the molecule is CNC(=O)O/N=C/C(C)(C)SC.O=[PH](O)O. The standard InChI is InChI=1S/C7H14N2O2S.H3O3P/c1-7(2,12-4)5-9-11-6(10)8-3;1-4(2)3/h5H,1-4H3,(H,8,10);4H,(H2,1,2,3)/b9-5+;. The van der Waals surface area contributed by atoms with E-state index < -0.39 is 14.3 Å². The highest BCUT2D eigenvalue weighted by Gasteiger charge is 2.12. The monoisotopic (exact) mass is 272 g/mol. The average molecular weight is 272 g/mol. The van der Waals surface area contributed by atoms with Gasteiger partial charge in [-0.25, -0.2) is 4.79 Å². The lowest BCUT2D eigenvalue weighted by Gasteiger charge is -2.13. The molecule has 16 heavy (non-hydrogen) atoms. The maximum absolute atomic E-state index is 10.5. The first-order valence-corrected chi connectivity index (χ1v) is 6.68. The van der Waals surface area contributed by atoms with Crippen LogP contribution in [0.1, 0.15) is 13.8 Å². The van der Waals surface area contributed by atoms with Gasteiger partial charge in [0.1, 0.15) is 0 Å². The van der Waals surface area contributed by atoms with Crippen molar-refractivity contribution in [2.45, 2.75) is 18.6 Å². The highest BCUT2D eigenvalue weighted by atomic mass is 32.2. The number of carbonyl (C=O) groups is 1. The Labute approximate surface area is 99.2 Å². The van der Waals surface area contributed by atoms with Gasteiger partial charge in [-0.1, -0.05) is 5.16 Å². The molecule has 3 N–H and O–H groups in total. The van der Waals surface area contributed by atoms with Crippen LogP contribution in [0.5, 0.6) is 0 Å². The summed E-state index contributed by atoms with van der Waals surface area (Å²) in [5.41, 5.74) is 0. The summed E-state index contributed by atoms with van der Waals surface area (Å²) < 4.78 is 8.64. The number of thioether (sulfide) groups is 1. The van der Waals surface area contributed by atoms with Gasteiger partial charge in [0.25, 0.3) is 0 Å². The number of nitrogens with zero attached hydrogens (tertiary/aromatic N) is 1. The molecule has 0 aromatic heterocycles. The van der Waals surface area contributed by atoms with Crippen LogP contribution in [0.4, 0.5) is 4.79 Å². The number of carbonyl (C=O) groups excluding carboxylic acids is 1. The molecule has 0 spiro atoms. The van der Waals surface area contributed by atoms with E-state index in [2.05, 4.69) is 15.3 Å². The zero-order valence-corrected chi connectivity index (χ0v) is 11.4. The molecule has 96 valence electrons. The van der Waals surface area contributed by atoms with Gasteiger partial charge in [-0.3, -0.25) is 9.40 Å². The normalized spacial score (nSPS) is 10.9. The molecule has 0 fully saturated rings. The molecule has 0 saturated heterocycles. The van der Waals surface area contributed by atoms with Crippen LogP contribution in [0.3, 0.4) is 0 Å². The van der Waals surface area contributed by atoms with Gasteiger partial charge in [0.2, 0.25) is 0 Å². The number of hydrogen-bond donors (Lipinski definition) is 3. The Hall–Kier alpha value is -0.560. The van der Waals surface area contributed by atoms with E-state index in [0.29, 0.717) is 0 Å². The summed E-state index contributed by atoms with van der Waals surface area (Å²) >= 11 is 1.63. The number of nitrogens with one attached hydrogen (secondary N) is 1. The van der Waals surface area contributed by atoms with E-state index in [4.69, 9.17) is 14.4 Å². The summed E-state index contributed by atoms with van der Waals surface area (Å²) in [5.74, 6) is 0. The smallest absolute Gasteiger partial charge is 0.326 e. The van der Waals surface area contributed by atoms with E-state index >= 15 is 0 Å². The minimum atomic E-state index is -3.13. The van der Waals surface area contributed by atoms with Crippen LogP contribution in [0.25, 0.3) is 0 Å². The molecule has 0 aromatic rings. The summed E-state index contributed by atoms with van der Waals surface area (Å²) in [7, 11) is -1.65. The van der Waals surface area contributed by atoms with Crippen LogP contribution in [0, 0.1) is 0 Å². The molecule has 0 rings (SSSR count). The van der Waals surface area contributed by atoms with Crippen molar-refractivity contribution in [2.75, 3.05) is 13.3 Å². The molecule has 1 amide bonds. The first kappa shape index (κ1) is 17.8. The van der Waals surface area contributed by atoms with Crippen LogP contribution in [0.15, 0.2) is 5.16 Å². The van der Waals surface area contributed by atoms with Crippen LogP contribution >= 0.6 is 20.0 Å². The van der Waals surface area contributed by atoms with Crippen LogP contribution in [-0.4, -0.2) is 40.1 Å². The van der Waals surface area contributed by atoms with Crippen LogP contribution in [-0.2, 0) is 9.40 Å². The summed E-state index contributed by atoms with van der Waals surface area (Å²) in [4.78, 5) is 29.3. The second-order valence-corrected chi connectivity index (χ2v) is 4.98. The van der Waals surface area contributed by atoms with Gasteiger partial charge in [-0.15, -0.1) is 0 Å². The van der Waals surface area contributed by atoms with Crippen LogP contribution in [0.2, 0.25) is 0 Å². The van der Waals surface area contributed by atoms with Crippen molar-refractivity contribution >= 4 is 32.3 Å². The van der Waals surface area contributed by atoms with E-state index in [1.54, 1.807) is 18.0 Å². The van der Waals surface area contributed by atoms with Gasteiger partial charge in [0.05, 0.1) is 6.21 Å². The molecule has 0 aliphatic rings. The van der Waals surface area contributed by atoms with E-state index in [9.17, 15) is 4.79 Å². The molecular formula is C7H17N2O5PS. The highest BCUT2D eigenvalue weighted by Crippen LogP contribution is 2.17. The van der Waals surface area contributed by atoms with Crippen molar-refractivity contribution in [3.63, 3.8) is 0 Å². The van der Waals surface area contributed by atoms with Crippen molar-refractivity contribution in [1.82, 2.24) is 5.32 Å². The Balaban J connectivity index is 0. The molecule has 0 heterocycles. The van der Waals surface area contributed by atoms with Crippen molar-refractivity contribution in [3.05, 3.63) is 0 Å². The summed E-state index contributed by atoms with van der Waals surface area (Å²) in [6, 6.07) is 0. The molecule has 0 atom stereocenters. The molecule has 0 bridgehead atoms. The van der Waals surface area contributed by atoms with Gasteiger partial charge in [-0.05, 0) is 20.1 Å². The van der Waals surface area contributed by atoms with Gasteiger partial charge in [-0.2, -0.15) is 11.8 Å². The van der Waals surface area contributed by atoms with Crippen molar-refractivity contribution in [1.29, 1.82) is 0 Å². The lowest BCUT2D eigenvalue weighted by molar-refractivity contribution is 0.153. The lowest BCUT2D eigenvalue weighted by atomic mass is 10.2. The third-order valence-corrected chi connectivity index (χ3v) is 2.39. The predicted octanol–water partition coefficient (Wildman–Crippen LogP) is 0.830. The number of hydrogen-bond acceptors (Lipinski definition) is 5. The number of amides is 1. The van der Waals surface area contributed by atoms with Crippen molar-refractivity contribution in [3.8, 4) is 0 Å². The second-order valence-electron chi connectivity index (χ2n) is 2.95. The Morgan fingerprint density at radius 1 is 1.56 bits per heavy atom. The molecule has 9 heteroatoms. The molecule has 0 unspecified atom stereocenters. The molecule has 7 nitrogen and oxygen atoms in total. The third kappa shape index (κ3) is 15.9. The number of rotatable bonds is 3. The maximum Gasteiger partial charge on any atom is 0.433 e. The fourth-order valence-corrected chi connectivity index (χ4v) is 0.448. The van der Waals surface area contributed by atoms with Gasteiger partial charge in [0.15, 0.2) is 0 Å². The zero-order chi connectivity index (χ0) is 13.2. The lowest BCUT2D eigenvalue weighted by Crippen LogP contribution is -2.19.